The highest BCUT2D eigenvalue weighted by molar-refractivity contribution is 5.64. The third-order valence-electron chi connectivity index (χ3n) is 2.84. The topological polar surface area (TPSA) is 75.3 Å². The van der Waals surface area contributed by atoms with Crippen LogP contribution in [0.3, 0.4) is 0 Å². The molecule has 0 heterocycles. The average Bonchev–Trinajstić information content (AvgIpc) is 2.04. The van der Waals surface area contributed by atoms with Gasteiger partial charge in [-0.1, -0.05) is 0 Å². The molecule has 1 atom stereocenters. The van der Waals surface area contributed by atoms with Crippen LogP contribution in [-0.4, -0.2) is 23.3 Å². The van der Waals surface area contributed by atoms with Crippen LogP contribution in [0.5, 0.6) is 0 Å². The van der Waals surface area contributed by atoms with Gasteiger partial charge in [0.05, 0.1) is 0 Å². The predicted octanol–water partition coefficient (Wildman–Crippen LogP) is 1.16. The van der Waals surface area contributed by atoms with E-state index in [0.29, 0.717) is 5.92 Å². The summed E-state index contributed by atoms with van der Waals surface area (Å²) in [7, 11) is 0. The summed E-state index contributed by atoms with van der Waals surface area (Å²) in [6, 6.07) is 0.387. The van der Waals surface area contributed by atoms with E-state index in [-0.39, 0.29) is 12.1 Å². The summed E-state index contributed by atoms with van der Waals surface area (Å²) in [4.78, 5) is 10.3. The molecule has 76 valence electrons. The maximum absolute atomic E-state index is 10.3. The molecule has 1 aliphatic carbocycles. The van der Waals surface area contributed by atoms with Crippen molar-refractivity contribution in [2.45, 2.75) is 44.7 Å². The second-order valence-electron chi connectivity index (χ2n) is 3.92. The maximum Gasteiger partial charge on any atom is 0.404 e. The fraction of sp³-hybridized carbons (Fsp3) is 0.889. The van der Waals surface area contributed by atoms with Crippen molar-refractivity contribution in [3.8, 4) is 0 Å². The van der Waals surface area contributed by atoms with Gasteiger partial charge in [-0.15, -0.1) is 0 Å². The molecule has 0 aromatic carbocycles. The molecule has 0 saturated heterocycles. The monoisotopic (exact) mass is 186 g/mol. The van der Waals surface area contributed by atoms with E-state index in [1.165, 1.54) is 0 Å². The Balaban J connectivity index is 2.26. The fourth-order valence-corrected chi connectivity index (χ4v) is 1.96. The van der Waals surface area contributed by atoms with Gasteiger partial charge in [-0.25, -0.2) is 4.79 Å². The number of nitrogens with one attached hydrogen (secondary N) is 1. The molecule has 1 saturated carbocycles. The highest BCUT2D eigenvalue weighted by Gasteiger charge is 2.24. The molecule has 4 heteroatoms. The molecular formula is C9H18N2O2. The van der Waals surface area contributed by atoms with Crippen LogP contribution < -0.4 is 11.1 Å². The van der Waals surface area contributed by atoms with E-state index in [1.807, 2.05) is 6.92 Å². The molecule has 0 spiro atoms. The summed E-state index contributed by atoms with van der Waals surface area (Å²) in [5, 5.41) is 11.0. The van der Waals surface area contributed by atoms with Crippen molar-refractivity contribution in [2.75, 3.05) is 0 Å². The van der Waals surface area contributed by atoms with Crippen molar-refractivity contribution >= 4 is 6.09 Å². The van der Waals surface area contributed by atoms with E-state index in [0.717, 1.165) is 25.7 Å². The van der Waals surface area contributed by atoms with Gasteiger partial charge in [0.1, 0.15) is 0 Å². The Morgan fingerprint density at radius 3 is 2.38 bits per heavy atom. The molecule has 13 heavy (non-hydrogen) atoms. The molecule has 0 aromatic rings. The van der Waals surface area contributed by atoms with Gasteiger partial charge < -0.3 is 16.2 Å². The van der Waals surface area contributed by atoms with Crippen LogP contribution in [-0.2, 0) is 0 Å². The lowest BCUT2D eigenvalue weighted by molar-refractivity contribution is 0.180. The molecule has 4 nitrogen and oxygen atoms in total. The Hall–Kier alpha value is -0.770. The van der Waals surface area contributed by atoms with Gasteiger partial charge >= 0.3 is 6.09 Å². The van der Waals surface area contributed by atoms with Gasteiger partial charge in [-0.05, 0) is 38.5 Å². The van der Waals surface area contributed by atoms with Gasteiger partial charge in [-0.3, -0.25) is 0 Å². The molecule has 0 bridgehead atoms. The van der Waals surface area contributed by atoms with Crippen LogP contribution >= 0.6 is 0 Å². The maximum atomic E-state index is 10.3. The Labute approximate surface area is 78.5 Å². The SMILES string of the molecule is C[C@@H](N)C1CCC(NC(=O)O)CC1. The molecular weight excluding hydrogens is 168 g/mol. The van der Waals surface area contributed by atoms with Crippen molar-refractivity contribution in [2.24, 2.45) is 11.7 Å². The zero-order chi connectivity index (χ0) is 9.84. The number of amides is 1. The second-order valence-corrected chi connectivity index (χ2v) is 3.92. The normalized spacial score (nSPS) is 30.9. The largest absolute Gasteiger partial charge is 0.465 e. The fourth-order valence-electron chi connectivity index (χ4n) is 1.96. The van der Waals surface area contributed by atoms with Crippen LogP contribution in [0, 0.1) is 5.92 Å². The van der Waals surface area contributed by atoms with Crippen molar-refractivity contribution in [1.29, 1.82) is 0 Å². The molecule has 0 unspecified atom stereocenters. The number of hydrogen-bond acceptors (Lipinski definition) is 2. The lowest BCUT2D eigenvalue weighted by Gasteiger charge is -2.30. The summed E-state index contributed by atoms with van der Waals surface area (Å²) in [5.41, 5.74) is 5.78. The zero-order valence-electron chi connectivity index (χ0n) is 7.99. The van der Waals surface area contributed by atoms with Crippen molar-refractivity contribution < 1.29 is 9.90 Å². The molecule has 0 aromatic heterocycles. The molecule has 1 amide bonds. The minimum atomic E-state index is -0.913. The minimum Gasteiger partial charge on any atom is -0.465 e. The van der Waals surface area contributed by atoms with Gasteiger partial charge in [0.15, 0.2) is 0 Å². The first kappa shape index (κ1) is 10.3. The summed E-state index contributed by atoms with van der Waals surface area (Å²) in [5.74, 6) is 0.576. The lowest BCUT2D eigenvalue weighted by Crippen LogP contribution is -2.39. The standard InChI is InChI=1S/C9H18N2O2/c1-6(10)7-2-4-8(5-3-7)11-9(12)13/h6-8,11H,2-5,10H2,1H3,(H,12,13)/t6-,7?,8?/m1/s1. The van der Waals surface area contributed by atoms with Gasteiger partial charge in [-0.2, -0.15) is 0 Å². The number of rotatable bonds is 2. The van der Waals surface area contributed by atoms with Gasteiger partial charge in [0.2, 0.25) is 0 Å². The number of hydrogen-bond donors (Lipinski definition) is 3. The van der Waals surface area contributed by atoms with E-state index >= 15 is 0 Å². The first-order chi connectivity index (χ1) is 6.09. The van der Waals surface area contributed by atoms with Gasteiger partial charge in [0.25, 0.3) is 0 Å². The second kappa shape index (κ2) is 4.46. The molecule has 1 rings (SSSR count). The van der Waals surface area contributed by atoms with E-state index in [9.17, 15) is 4.79 Å². The smallest absolute Gasteiger partial charge is 0.404 e. The Bertz CT molecular complexity index is 174. The van der Waals surface area contributed by atoms with E-state index in [1.54, 1.807) is 0 Å². The summed E-state index contributed by atoms with van der Waals surface area (Å²) in [6.45, 7) is 2.02. The van der Waals surface area contributed by atoms with Gasteiger partial charge in [0, 0.05) is 12.1 Å². The molecule has 0 aliphatic heterocycles. The summed E-state index contributed by atoms with van der Waals surface area (Å²) in [6.07, 6.45) is 3.03. The van der Waals surface area contributed by atoms with Crippen LogP contribution in [0.1, 0.15) is 32.6 Å². The van der Waals surface area contributed by atoms with E-state index in [4.69, 9.17) is 10.8 Å². The zero-order valence-corrected chi connectivity index (χ0v) is 7.99. The Kier molecular flexibility index (Phi) is 3.54. The Morgan fingerprint density at radius 1 is 1.46 bits per heavy atom. The third kappa shape index (κ3) is 3.22. The quantitative estimate of drug-likeness (QED) is 0.605. The highest BCUT2D eigenvalue weighted by atomic mass is 16.4. The first-order valence-electron chi connectivity index (χ1n) is 4.84. The third-order valence-corrected chi connectivity index (χ3v) is 2.84. The van der Waals surface area contributed by atoms with Crippen molar-refractivity contribution in [3.63, 3.8) is 0 Å². The average molecular weight is 186 g/mol. The summed E-state index contributed by atoms with van der Waals surface area (Å²) < 4.78 is 0. The van der Waals surface area contributed by atoms with Crippen LogP contribution in [0.15, 0.2) is 0 Å². The predicted molar refractivity (Wildman–Crippen MR) is 50.6 cm³/mol. The van der Waals surface area contributed by atoms with Crippen LogP contribution in [0.25, 0.3) is 0 Å². The lowest BCUT2D eigenvalue weighted by atomic mass is 9.82. The first-order valence-corrected chi connectivity index (χ1v) is 4.84. The van der Waals surface area contributed by atoms with Crippen LogP contribution in [0.4, 0.5) is 4.79 Å². The van der Waals surface area contributed by atoms with E-state index < -0.39 is 6.09 Å². The molecule has 1 fully saturated rings. The van der Waals surface area contributed by atoms with Crippen molar-refractivity contribution in [3.05, 3.63) is 0 Å². The minimum absolute atomic E-state index is 0.146. The Morgan fingerprint density at radius 2 is 2.00 bits per heavy atom. The summed E-state index contributed by atoms with van der Waals surface area (Å²) >= 11 is 0. The molecule has 0 radical (unpaired) electrons. The van der Waals surface area contributed by atoms with E-state index in [2.05, 4.69) is 5.32 Å². The van der Waals surface area contributed by atoms with Crippen LogP contribution in [0.2, 0.25) is 0 Å². The van der Waals surface area contributed by atoms with Crippen molar-refractivity contribution in [1.82, 2.24) is 5.32 Å². The number of carbonyl (C=O) groups is 1. The number of nitrogens with two attached hydrogens (primary N) is 1. The molecule has 1 aliphatic rings. The highest BCUT2D eigenvalue weighted by Crippen LogP contribution is 2.25. The number of carboxylic acid groups (broad SMARTS) is 1. The molecule has 4 N–H and O–H groups in total.